The Balaban J connectivity index is 1.74. The van der Waals surface area contributed by atoms with E-state index in [0.29, 0.717) is 12.0 Å². The number of pyridine rings is 1. The summed E-state index contributed by atoms with van der Waals surface area (Å²) in [6, 6.07) is 10.4. The number of amides is 1. The van der Waals surface area contributed by atoms with Crippen LogP contribution in [0.3, 0.4) is 0 Å². The van der Waals surface area contributed by atoms with Gasteiger partial charge in [-0.05, 0) is 54.4 Å². The highest BCUT2D eigenvalue weighted by atomic mass is 19.1. The summed E-state index contributed by atoms with van der Waals surface area (Å²) in [6.07, 6.45) is 3.24. The number of oxazole rings is 1. The number of halogens is 2. The maximum Gasteiger partial charge on any atom is 0.220 e. The van der Waals surface area contributed by atoms with Crippen LogP contribution in [-0.2, 0) is 4.79 Å². The first-order valence-corrected chi connectivity index (χ1v) is 8.07. The van der Waals surface area contributed by atoms with Crippen LogP contribution in [0.1, 0.15) is 5.56 Å². The molecule has 0 aliphatic carbocycles. The average molecular weight is 365 g/mol. The number of para-hydroxylation sites is 1. The Morgan fingerprint density at radius 3 is 2.52 bits per heavy atom. The van der Waals surface area contributed by atoms with E-state index < -0.39 is 17.3 Å². The quantitative estimate of drug-likeness (QED) is 0.489. The lowest BCUT2D eigenvalue weighted by molar-refractivity contribution is -0.106. The van der Waals surface area contributed by atoms with Gasteiger partial charge in [-0.3, -0.25) is 9.69 Å². The molecule has 2 aromatic heterocycles. The van der Waals surface area contributed by atoms with E-state index in [0.717, 1.165) is 39.2 Å². The molecule has 0 N–H and O–H groups in total. The van der Waals surface area contributed by atoms with Crippen molar-refractivity contribution in [1.82, 2.24) is 9.97 Å². The number of hydrogen-bond acceptors (Lipinski definition) is 4. The van der Waals surface area contributed by atoms with E-state index in [1.807, 2.05) is 19.1 Å². The van der Waals surface area contributed by atoms with Gasteiger partial charge in [-0.15, -0.1) is 0 Å². The molecule has 0 radical (unpaired) electrons. The average Bonchev–Trinajstić information content (AvgIpc) is 3.12. The Kier molecular flexibility index (Phi) is 4.12. The van der Waals surface area contributed by atoms with Gasteiger partial charge in [-0.1, -0.05) is 6.07 Å². The SMILES string of the molecule is Cc1cc2ncoc2cc1-c1ccc(N(C=O)c2c(F)cccc2F)nc1. The smallest absolute Gasteiger partial charge is 0.220 e. The zero-order valence-electron chi connectivity index (χ0n) is 14.2. The number of anilines is 2. The van der Waals surface area contributed by atoms with E-state index in [9.17, 15) is 13.6 Å². The highest BCUT2D eigenvalue weighted by Gasteiger charge is 2.19. The molecule has 0 aliphatic heterocycles. The summed E-state index contributed by atoms with van der Waals surface area (Å²) in [7, 11) is 0. The minimum atomic E-state index is -0.848. The van der Waals surface area contributed by atoms with Gasteiger partial charge in [0.05, 0.1) is 0 Å². The standard InChI is InChI=1S/C20H13F2N3O2/c1-12-7-17-18(27-10-24-17)8-14(12)13-5-6-19(23-9-13)25(11-26)20-15(21)3-2-4-16(20)22/h2-11H,1H3. The van der Waals surface area contributed by atoms with Crippen molar-refractivity contribution in [3.63, 3.8) is 0 Å². The zero-order chi connectivity index (χ0) is 19.0. The minimum absolute atomic E-state index is 0.108. The maximum absolute atomic E-state index is 14.0. The summed E-state index contributed by atoms with van der Waals surface area (Å²) >= 11 is 0. The van der Waals surface area contributed by atoms with Crippen molar-refractivity contribution < 1.29 is 18.0 Å². The summed E-state index contributed by atoms with van der Waals surface area (Å²) < 4.78 is 33.3. The number of carbonyl (C=O) groups is 1. The predicted octanol–water partition coefficient (Wildman–Crippen LogP) is 4.77. The van der Waals surface area contributed by atoms with Gasteiger partial charge in [0.25, 0.3) is 0 Å². The van der Waals surface area contributed by atoms with Crippen LogP contribution in [0.15, 0.2) is 59.5 Å². The number of benzene rings is 2. The summed E-state index contributed by atoms with van der Waals surface area (Å²) in [5, 5.41) is 0. The lowest BCUT2D eigenvalue weighted by atomic mass is 10.0. The second-order valence-corrected chi connectivity index (χ2v) is 5.94. The Morgan fingerprint density at radius 1 is 1.07 bits per heavy atom. The summed E-state index contributed by atoms with van der Waals surface area (Å²) in [5.41, 5.74) is 3.55. The van der Waals surface area contributed by atoms with Crippen molar-refractivity contribution in [1.29, 1.82) is 0 Å². The number of nitrogens with zero attached hydrogens (tertiary/aromatic N) is 3. The van der Waals surface area contributed by atoms with Crippen LogP contribution in [-0.4, -0.2) is 16.4 Å². The van der Waals surface area contributed by atoms with Gasteiger partial charge < -0.3 is 4.42 Å². The molecule has 0 saturated heterocycles. The molecular formula is C20H13F2N3O2. The van der Waals surface area contributed by atoms with Crippen LogP contribution >= 0.6 is 0 Å². The highest BCUT2D eigenvalue weighted by Crippen LogP contribution is 2.31. The third-order valence-electron chi connectivity index (χ3n) is 4.27. The summed E-state index contributed by atoms with van der Waals surface area (Å²) in [4.78, 5) is 20.6. The van der Waals surface area contributed by atoms with E-state index >= 15 is 0 Å². The van der Waals surface area contributed by atoms with Crippen molar-refractivity contribution in [3.8, 4) is 11.1 Å². The third-order valence-corrected chi connectivity index (χ3v) is 4.27. The van der Waals surface area contributed by atoms with Crippen molar-refractivity contribution >= 4 is 29.0 Å². The molecule has 0 aliphatic rings. The molecule has 134 valence electrons. The van der Waals surface area contributed by atoms with Gasteiger partial charge in [0.2, 0.25) is 6.41 Å². The molecule has 0 atom stereocenters. The first-order chi connectivity index (χ1) is 13.1. The Morgan fingerprint density at radius 2 is 1.85 bits per heavy atom. The fraction of sp³-hybridized carbons (Fsp3) is 0.0500. The molecule has 7 heteroatoms. The second kappa shape index (κ2) is 6.60. The number of aromatic nitrogens is 2. The van der Waals surface area contributed by atoms with Gasteiger partial charge in [0.1, 0.15) is 28.7 Å². The van der Waals surface area contributed by atoms with Crippen molar-refractivity contribution in [2.75, 3.05) is 4.90 Å². The second-order valence-electron chi connectivity index (χ2n) is 5.94. The first kappa shape index (κ1) is 16.8. The Labute approximate surface area is 152 Å². The minimum Gasteiger partial charge on any atom is -0.443 e. The molecule has 2 heterocycles. The van der Waals surface area contributed by atoms with Crippen LogP contribution in [0, 0.1) is 18.6 Å². The van der Waals surface area contributed by atoms with E-state index in [4.69, 9.17) is 4.42 Å². The number of hydrogen-bond donors (Lipinski definition) is 0. The number of aryl methyl sites for hydroxylation is 1. The largest absolute Gasteiger partial charge is 0.443 e. The van der Waals surface area contributed by atoms with E-state index in [1.54, 1.807) is 6.07 Å². The number of rotatable bonds is 4. The van der Waals surface area contributed by atoms with E-state index in [1.165, 1.54) is 24.7 Å². The van der Waals surface area contributed by atoms with Gasteiger partial charge in [-0.25, -0.2) is 18.7 Å². The zero-order valence-corrected chi connectivity index (χ0v) is 14.2. The molecule has 2 aromatic carbocycles. The Bertz CT molecular complexity index is 1120. The fourth-order valence-electron chi connectivity index (χ4n) is 2.95. The molecule has 0 spiro atoms. The van der Waals surface area contributed by atoms with Crippen LogP contribution in [0.4, 0.5) is 20.3 Å². The third kappa shape index (κ3) is 2.93. The lowest BCUT2D eigenvalue weighted by Gasteiger charge is -2.18. The summed E-state index contributed by atoms with van der Waals surface area (Å²) in [5.74, 6) is -1.59. The van der Waals surface area contributed by atoms with Crippen molar-refractivity contribution in [3.05, 3.63) is 72.3 Å². The topological polar surface area (TPSA) is 59.2 Å². The summed E-state index contributed by atoms with van der Waals surface area (Å²) in [6.45, 7) is 1.93. The molecule has 5 nitrogen and oxygen atoms in total. The first-order valence-electron chi connectivity index (χ1n) is 8.07. The highest BCUT2D eigenvalue weighted by molar-refractivity contribution is 5.86. The molecule has 0 saturated carbocycles. The van der Waals surface area contributed by atoms with Crippen LogP contribution in [0.2, 0.25) is 0 Å². The van der Waals surface area contributed by atoms with Crippen LogP contribution in [0.25, 0.3) is 22.2 Å². The van der Waals surface area contributed by atoms with Gasteiger partial charge >= 0.3 is 0 Å². The Hall–Kier alpha value is -3.61. The molecule has 27 heavy (non-hydrogen) atoms. The van der Waals surface area contributed by atoms with Gasteiger partial charge in [-0.2, -0.15) is 0 Å². The van der Waals surface area contributed by atoms with Gasteiger partial charge in [0.15, 0.2) is 12.0 Å². The van der Waals surface area contributed by atoms with Crippen LogP contribution in [0.5, 0.6) is 0 Å². The van der Waals surface area contributed by atoms with Crippen molar-refractivity contribution in [2.24, 2.45) is 0 Å². The fourth-order valence-corrected chi connectivity index (χ4v) is 2.95. The van der Waals surface area contributed by atoms with Gasteiger partial charge in [0, 0.05) is 11.8 Å². The molecule has 4 aromatic rings. The number of carbonyl (C=O) groups excluding carboxylic acids is 1. The van der Waals surface area contributed by atoms with Crippen LogP contribution < -0.4 is 4.90 Å². The molecular weight excluding hydrogens is 352 g/mol. The predicted molar refractivity (Wildman–Crippen MR) is 96.5 cm³/mol. The molecule has 0 bridgehead atoms. The lowest BCUT2D eigenvalue weighted by Crippen LogP contribution is -2.18. The monoisotopic (exact) mass is 365 g/mol. The molecule has 0 unspecified atom stereocenters. The molecule has 4 rings (SSSR count). The molecule has 1 amide bonds. The van der Waals surface area contributed by atoms with Crippen molar-refractivity contribution in [2.45, 2.75) is 6.92 Å². The normalized spacial score (nSPS) is 10.9. The van der Waals surface area contributed by atoms with E-state index in [-0.39, 0.29) is 5.82 Å². The molecule has 0 fully saturated rings. The maximum atomic E-state index is 14.0. The number of fused-ring (bicyclic) bond motifs is 1. The van der Waals surface area contributed by atoms with E-state index in [2.05, 4.69) is 9.97 Å².